The van der Waals surface area contributed by atoms with Crippen LogP contribution in [0.15, 0.2) is 22.6 Å². The highest BCUT2D eigenvalue weighted by atomic mass is 32.1. The number of carbonyl (C=O) groups is 3. The van der Waals surface area contributed by atoms with Gasteiger partial charge in [-0.1, -0.05) is 0 Å². The third kappa shape index (κ3) is 4.77. The Morgan fingerprint density at radius 2 is 1.75 bits per heavy atom. The quantitative estimate of drug-likeness (QED) is 0.483. The lowest BCUT2D eigenvalue weighted by Crippen LogP contribution is -2.22. The van der Waals surface area contributed by atoms with Crippen molar-refractivity contribution in [2.45, 2.75) is 34.6 Å². The van der Waals surface area contributed by atoms with Crippen LogP contribution in [0, 0.1) is 20.8 Å². The fraction of sp³-hybridized carbons (Fsp3) is 0.348. The van der Waals surface area contributed by atoms with Crippen molar-refractivity contribution >= 4 is 45.2 Å². The number of fused-ring (bicyclic) bond motifs is 1. The molecule has 1 aromatic carbocycles. The lowest BCUT2D eigenvalue weighted by Gasteiger charge is -2.07. The topological polar surface area (TPSA) is 104 Å². The molecule has 1 N–H and O–H groups in total. The molecule has 0 unspecified atom stereocenters. The number of esters is 2. The van der Waals surface area contributed by atoms with Crippen LogP contribution in [0.3, 0.4) is 0 Å². The first kappa shape index (κ1) is 23.3. The molecule has 0 spiro atoms. The number of ether oxygens (including phenoxy) is 3. The molecule has 0 radical (unpaired) electrons. The van der Waals surface area contributed by atoms with E-state index < -0.39 is 24.5 Å². The van der Waals surface area contributed by atoms with Crippen LogP contribution in [0.1, 0.15) is 50.8 Å². The van der Waals surface area contributed by atoms with Crippen LogP contribution in [-0.4, -0.2) is 37.7 Å². The van der Waals surface area contributed by atoms with Crippen molar-refractivity contribution in [3.63, 3.8) is 0 Å². The zero-order valence-corrected chi connectivity index (χ0v) is 19.4. The van der Waals surface area contributed by atoms with Gasteiger partial charge in [-0.15, -0.1) is 11.3 Å². The minimum atomic E-state index is -0.754. The zero-order valence-electron chi connectivity index (χ0n) is 18.6. The van der Waals surface area contributed by atoms with Crippen molar-refractivity contribution in [3.8, 4) is 5.75 Å². The van der Waals surface area contributed by atoms with Crippen molar-refractivity contribution in [1.29, 1.82) is 0 Å². The van der Waals surface area contributed by atoms with E-state index >= 15 is 0 Å². The number of thiophene rings is 1. The van der Waals surface area contributed by atoms with E-state index in [1.54, 1.807) is 39.0 Å². The Morgan fingerprint density at radius 1 is 1.00 bits per heavy atom. The van der Waals surface area contributed by atoms with E-state index in [9.17, 15) is 14.4 Å². The van der Waals surface area contributed by atoms with Crippen LogP contribution in [-0.2, 0) is 14.3 Å². The maximum absolute atomic E-state index is 12.5. The van der Waals surface area contributed by atoms with Gasteiger partial charge in [0.2, 0.25) is 5.76 Å². The summed E-state index contributed by atoms with van der Waals surface area (Å²) in [5.74, 6) is -1.14. The fourth-order valence-electron chi connectivity index (χ4n) is 3.17. The van der Waals surface area contributed by atoms with Gasteiger partial charge in [0.1, 0.15) is 16.3 Å². The van der Waals surface area contributed by atoms with Gasteiger partial charge < -0.3 is 23.9 Å². The van der Waals surface area contributed by atoms with Gasteiger partial charge >= 0.3 is 11.9 Å². The van der Waals surface area contributed by atoms with Gasteiger partial charge in [-0.3, -0.25) is 4.79 Å². The molecular weight excluding hydrogens is 434 g/mol. The molecule has 3 aromatic rings. The first-order chi connectivity index (χ1) is 15.3. The summed E-state index contributed by atoms with van der Waals surface area (Å²) >= 11 is 1.26. The van der Waals surface area contributed by atoms with Crippen LogP contribution in [0.25, 0.3) is 11.0 Å². The summed E-state index contributed by atoms with van der Waals surface area (Å²) in [7, 11) is 0. The number of hydrogen-bond acceptors (Lipinski definition) is 8. The number of furan rings is 1. The molecule has 0 saturated heterocycles. The molecule has 170 valence electrons. The highest BCUT2D eigenvalue weighted by Crippen LogP contribution is 2.33. The first-order valence-electron chi connectivity index (χ1n) is 10.2. The molecule has 0 aliphatic heterocycles. The molecule has 0 saturated carbocycles. The largest absolute Gasteiger partial charge is 0.494 e. The van der Waals surface area contributed by atoms with Crippen molar-refractivity contribution < 1.29 is 33.0 Å². The van der Waals surface area contributed by atoms with Gasteiger partial charge in [0.25, 0.3) is 5.91 Å². The van der Waals surface area contributed by atoms with Gasteiger partial charge in [-0.2, -0.15) is 0 Å². The van der Waals surface area contributed by atoms with Crippen LogP contribution in [0.5, 0.6) is 5.75 Å². The predicted molar refractivity (Wildman–Crippen MR) is 121 cm³/mol. The monoisotopic (exact) mass is 459 g/mol. The second-order valence-electron chi connectivity index (χ2n) is 6.98. The lowest BCUT2D eigenvalue weighted by molar-refractivity contribution is -0.119. The molecule has 32 heavy (non-hydrogen) atoms. The Labute approximate surface area is 189 Å². The summed E-state index contributed by atoms with van der Waals surface area (Å²) < 4.78 is 21.3. The van der Waals surface area contributed by atoms with E-state index in [1.807, 2.05) is 13.8 Å². The van der Waals surface area contributed by atoms with Crippen molar-refractivity contribution in [1.82, 2.24) is 0 Å². The van der Waals surface area contributed by atoms with Gasteiger partial charge in [-0.25, -0.2) is 9.59 Å². The van der Waals surface area contributed by atoms with Gasteiger partial charge in [0.05, 0.1) is 18.8 Å². The van der Waals surface area contributed by atoms with Gasteiger partial charge in [-0.05, 0) is 58.4 Å². The number of anilines is 1. The van der Waals surface area contributed by atoms with Crippen LogP contribution < -0.4 is 10.1 Å². The minimum Gasteiger partial charge on any atom is -0.494 e. The SMILES string of the molecule is CCOC(=O)c1c(NC(=O)COC(=O)c2oc3ccc(OCC)cc3c2C)sc(C)c1C. The zero-order chi connectivity index (χ0) is 23.4. The standard InChI is InChI=1S/C23H25NO7S/c1-6-28-15-8-9-17-16(10-15)13(4)20(31-17)23(27)30-11-18(25)24-21-19(22(26)29-7-2)12(3)14(5)32-21/h8-10H,6-7,11H2,1-5H3,(H,24,25). The molecule has 2 aromatic heterocycles. The Hall–Kier alpha value is -3.33. The average Bonchev–Trinajstić information content (AvgIpc) is 3.22. The third-order valence-corrected chi connectivity index (χ3v) is 5.98. The molecule has 1 amide bonds. The molecule has 2 heterocycles. The number of benzene rings is 1. The Bertz CT molecular complexity index is 1170. The fourth-order valence-corrected chi connectivity index (χ4v) is 4.24. The van der Waals surface area contributed by atoms with Crippen LogP contribution in [0.4, 0.5) is 5.00 Å². The molecular formula is C23H25NO7S. The molecule has 8 nitrogen and oxygen atoms in total. The summed E-state index contributed by atoms with van der Waals surface area (Å²) in [4.78, 5) is 38.0. The number of rotatable bonds is 8. The Balaban J connectivity index is 1.69. The molecule has 0 atom stereocenters. The highest BCUT2D eigenvalue weighted by molar-refractivity contribution is 7.16. The van der Waals surface area contributed by atoms with Gasteiger partial charge in [0, 0.05) is 15.8 Å². The summed E-state index contributed by atoms with van der Waals surface area (Å²) in [5, 5.41) is 3.73. The lowest BCUT2D eigenvalue weighted by atomic mass is 10.1. The van der Waals surface area contributed by atoms with E-state index in [2.05, 4.69) is 5.32 Å². The molecule has 0 fully saturated rings. The second-order valence-corrected chi connectivity index (χ2v) is 8.20. The third-order valence-electron chi connectivity index (χ3n) is 4.86. The van der Waals surface area contributed by atoms with E-state index in [-0.39, 0.29) is 12.4 Å². The number of amides is 1. The van der Waals surface area contributed by atoms with Crippen LogP contribution in [0.2, 0.25) is 0 Å². The minimum absolute atomic E-state index is 0.0245. The summed E-state index contributed by atoms with van der Waals surface area (Å²) in [6.07, 6.45) is 0. The average molecular weight is 460 g/mol. The van der Waals surface area contributed by atoms with E-state index in [0.29, 0.717) is 34.1 Å². The molecule has 0 bridgehead atoms. The van der Waals surface area contributed by atoms with Crippen LogP contribution >= 0.6 is 11.3 Å². The first-order valence-corrected chi connectivity index (χ1v) is 11.0. The summed E-state index contributed by atoms with van der Waals surface area (Å²) in [6, 6.07) is 5.26. The van der Waals surface area contributed by atoms with Crippen molar-refractivity contribution in [2.75, 3.05) is 25.1 Å². The highest BCUT2D eigenvalue weighted by Gasteiger charge is 2.24. The molecule has 0 aliphatic rings. The van der Waals surface area contributed by atoms with E-state index in [4.69, 9.17) is 18.6 Å². The Morgan fingerprint density at radius 3 is 2.44 bits per heavy atom. The normalized spacial score (nSPS) is 10.8. The molecule has 3 rings (SSSR count). The van der Waals surface area contributed by atoms with E-state index in [1.165, 1.54) is 11.3 Å². The van der Waals surface area contributed by atoms with Crippen molar-refractivity contribution in [2.24, 2.45) is 0 Å². The maximum Gasteiger partial charge on any atom is 0.375 e. The summed E-state index contributed by atoms with van der Waals surface area (Å²) in [5.41, 5.74) is 2.17. The number of carbonyl (C=O) groups excluding carboxylic acids is 3. The Kier molecular flexibility index (Phi) is 7.19. The predicted octanol–water partition coefficient (Wildman–Crippen LogP) is 4.79. The number of hydrogen-bond donors (Lipinski definition) is 1. The van der Waals surface area contributed by atoms with E-state index in [0.717, 1.165) is 15.8 Å². The van der Waals surface area contributed by atoms with Crippen molar-refractivity contribution in [3.05, 3.63) is 45.5 Å². The number of aryl methyl sites for hydroxylation is 2. The maximum atomic E-state index is 12.5. The smallest absolute Gasteiger partial charge is 0.375 e. The second kappa shape index (κ2) is 9.86. The molecule has 0 aliphatic carbocycles. The number of nitrogens with one attached hydrogen (secondary N) is 1. The van der Waals surface area contributed by atoms with Gasteiger partial charge in [0.15, 0.2) is 6.61 Å². The molecule has 9 heteroatoms. The summed E-state index contributed by atoms with van der Waals surface area (Å²) in [6.45, 7) is 9.18.